The topological polar surface area (TPSA) is 108 Å². The van der Waals surface area contributed by atoms with Gasteiger partial charge in [0.2, 0.25) is 5.88 Å². The lowest BCUT2D eigenvalue weighted by atomic mass is 9.77. The quantitative estimate of drug-likeness (QED) is 0.607. The molecular formula is C15H16BN3O4. The third-order valence-corrected chi connectivity index (χ3v) is 3.73. The van der Waals surface area contributed by atoms with E-state index >= 15 is 0 Å². The predicted molar refractivity (Wildman–Crippen MR) is 83.3 cm³/mol. The highest BCUT2D eigenvalue weighted by Gasteiger charge is 2.36. The minimum atomic E-state index is -1.08. The molecule has 0 fully saturated rings. The van der Waals surface area contributed by atoms with Gasteiger partial charge >= 0.3 is 7.12 Å². The lowest BCUT2D eigenvalue weighted by Gasteiger charge is -2.13. The molecule has 7 nitrogen and oxygen atoms in total. The fourth-order valence-electron chi connectivity index (χ4n) is 2.74. The Morgan fingerprint density at radius 2 is 2.22 bits per heavy atom. The molecule has 1 aromatic heterocycles. The van der Waals surface area contributed by atoms with Gasteiger partial charge in [-0.1, -0.05) is 0 Å². The fraction of sp³-hybridized carbons (Fsp3) is 0.267. The lowest BCUT2D eigenvalue weighted by Crippen LogP contribution is -2.28. The molecule has 0 spiro atoms. The SMILES string of the molecule is Cc1cc(Oc2nccnc2CN)cc2c1C(CC=O)OB2O. The van der Waals surface area contributed by atoms with E-state index in [0.29, 0.717) is 22.8 Å². The van der Waals surface area contributed by atoms with E-state index in [2.05, 4.69) is 9.97 Å². The Morgan fingerprint density at radius 3 is 2.96 bits per heavy atom. The largest absolute Gasteiger partial charge is 0.492 e. The van der Waals surface area contributed by atoms with Crippen molar-refractivity contribution in [1.82, 2.24) is 9.97 Å². The van der Waals surface area contributed by atoms with Crippen molar-refractivity contribution in [2.75, 3.05) is 0 Å². The zero-order valence-corrected chi connectivity index (χ0v) is 12.6. The van der Waals surface area contributed by atoms with Crippen molar-refractivity contribution >= 4 is 18.9 Å². The molecule has 0 aliphatic carbocycles. The van der Waals surface area contributed by atoms with Gasteiger partial charge in [-0.05, 0) is 35.6 Å². The van der Waals surface area contributed by atoms with Crippen molar-refractivity contribution in [2.24, 2.45) is 5.73 Å². The summed E-state index contributed by atoms with van der Waals surface area (Å²) < 4.78 is 11.2. The van der Waals surface area contributed by atoms with Crippen LogP contribution in [-0.4, -0.2) is 28.4 Å². The second-order valence-corrected chi connectivity index (χ2v) is 5.24. The Kier molecular flexibility index (Phi) is 4.38. The van der Waals surface area contributed by atoms with Crippen LogP contribution < -0.4 is 15.9 Å². The standard InChI is InChI=1S/C15H16BN3O4/c1-9-6-10(22-15-12(8-17)18-3-4-19-15)7-11-14(9)13(2-5-20)23-16(11)21/h3-7,13,21H,2,8,17H2,1H3. The summed E-state index contributed by atoms with van der Waals surface area (Å²) in [6, 6.07) is 3.50. The molecule has 1 aliphatic rings. The van der Waals surface area contributed by atoms with Crippen LogP contribution in [0.15, 0.2) is 24.5 Å². The number of aryl methyl sites for hydroxylation is 1. The molecule has 0 amide bonds. The number of ether oxygens (including phenoxy) is 1. The summed E-state index contributed by atoms with van der Waals surface area (Å²) in [5.74, 6) is 0.832. The van der Waals surface area contributed by atoms with Crippen molar-refractivity contribution in [3.8, 4) is 11.6 Å². The van der Waals surface area contributed by atoms with E-state index < -0.39 is 13.2 Å². The molecule has 0 saturated carbocycles. The van der Waals surface area contributed by atoms with E-state index in [9.17, 15) is 9.82 Å². The summed E-state index contributed by atoms with van der Waals surface area (Å²) in [6.45, 7) is 2.09. The Morgan fingerprint density at radius 1 is 1.43 bits per heavy atom. The lowest BCUT2D eigenvalue weighted by molar-refractivity contribution is -0.109. The number of nitrogens with zero attached hydrogens (tertiary/aromatic N) is 2. The zero-order valence-electron chi connectivity index (χ0n) is 12.6. The molecule has 118 valence electrons. The minimum Gasteiger partial charge on any atom is -0.437 e. The van der Waals surface area contributed by atoms with Gasteiger partial charge in [-0.15, -0.1) is 0 Å². The average Bonchev–Trinajstić information content (AvgIpc) is 2.85. The van der Waals surface area contributed by atoms with Crippen molar-refractivity contribution in [1.29, 1.82) is 0 Å². The summed E-state index contributed by atoms with van der Waals surface area (Å²) in [4.78, 5) is 19.0. The second-order valence-electron chi connectivity index (χ2n) is 5.24. The summed E-state index contributed by atoms with van der Waals surface area (Å²) in [5, 5.41) is 10.1. The number of nitrogens with two attached hydrogens (primary N) is 1. The first-order valence-corrected chi connectivity index (χ1v) is 7.23. The van der Waals surface area contributed by atoms with Crippen LogP contribution in [0.3, 0.4) is 0 Å². The highest BCUT2D eigenvalue weighted by Crippen LogP contribution is 2.32. The van der Waals surface area contributed by atoms with E-state index in [1.54, 1.807) is 12.3 Å². The summed E-state index contributed by atoms with van der Waals surface area (Å²) in [5.41, 5.74) is 8.47. The Balaban J connectivity index is 1.96. The maximum absolute atomic E-state index is 10.8. The molecule has 2 heterocycles. The van der Waals surface area contributed by atoms with Crippen LogP contribution in [0.4, 0.5) is 0 Å². The molecule has 3 rings (SSSR count). The van der Waals surface area contributed by atoms with E-state index in [-0.39, 0.29) is 13.0 Å². The molecule has 0 saturated heterocycles. The van der Waals surface area contributed by atoms with Crippen LogP contribution in [0.1, 0.15) is 29.3 Å². The summed E-state index contributed by atoms with van der Waals surface area (Å²) >= 11 is 0. The smallest absolute Gasteiger partial charge is 0.437 e. The Bertz CT molecular complexity index is 741. The van der Waals surface area contributed by atoms with Crippen molar-refractivity contribution < 1.29 is 19.2 Å². The van der Waals surface area contributed by atoms with Crippen LogP contribution in [-0.2, 0) is 16.0 Å². The Hall–Kier alpha value is -2.29. The molecule has 1 unspecified atom stereocenters. The number of benzene rings is 1. The highest BCUT2D eigenvalue weighted by molar-refractivity contribution is 6.62. The van der Waals surface area contributed by atoms with Gasteiger partial charge in [0.05, 0.1) is 6.10 Å². The van der Waals surface area contributed by atoms with Gasteiger partial charge in [0.1, 0.15) is 17.7 Å². The third kappa shape index (κ3) is 2.96. The first kappa shape index (κ1) is 15.6. The highest BCUT2D eigenvalue weighted by atomic mass is 16.5. The fourth-order valence-corrected chi connectivity index (χ4v) is 2.74. The first-order chi connectivity index (χ1) is 11.1. The molecule has 0 radical (unpaired) electrons. The van der Waals surface area contributed by atoms with Gasteiger partial charge in [0.15, 0.2) is 0 Å². The van der Waals surface area contributed by atoms with Gasteiger partial charge in [0, 0.05) is 25.4 Å². The molecular weight excluding hydrogens is 297 g/mol. The second kappa shape index (κ2) is 6.45. The van der Waals surface area contributed by atoms with Crippen molar-refractivity contribution in [2.45, 2.75) is 26.0 Å². The molecule has 3 N–H and O–H groups in total. The van der Waals surface area contributed by atoms with Crippen LogP contribution in [0.2, 0.25) is 0 Å². The Labute approximate surface area is 133 Å². The number of carbonyl (C=O) groups is 1. The minimum absolute atomic E-state index is 0.201. The van der Waals surface area contributed by atoms with Crippen LogP contribution in [0.5, 0.6) is 11.6 Å². The third-order valence-electron chi connectivity index (χ3n) is 3.73. The normalized spacial score (nSPS) is 16.3. The van der Waals surface area contributed by atoms with Crippen LogP contribution in [0, 0.1) is 6.92 Å². The van der Waals surface area contributed by atoms with Crippen LogP contribution in [0.25, 0.3) is 0 Å². The van der Waals surface area contributed by atoms with Crippen molar-refractivity contribution in [3.05, 3.63) is 41.3 Å². The maximum Gasteiger partial charge on any atom is 0.492 e. The molecule has 1 aromatic carbocycles. The van der Waals surface area contributed by atoms with E-state index in [0.717, 1.165) is 17.4 Å². The van der Waals surface area contributed by atoms with Gasteiger partial charge in [0.25, 0.3) is 0 Å². The monoisotopic (exact) mass is 313 g/mol. The number of carbonyl (C=O) groups excluding carboxylic acids is 1. The number of hydrogen-bond donors (Lipinski definition) is 2. The van der Waals surface area contributed by atoms with Gasteiger partial charge < -0.3 is 24.9 Å². The van der Waals surface area contributed by atoms with Gasteiger partial charge in [-0.25, -0.2) is 4.98 Å². The molecule has 1 aliphatic heterocycles. The molecule has 23 heavy (non-hydrogen) atoms. The number of aromatic nitrogens is 2. The van der Waals surface area contributed by atoms with E-state index in [4.69, 9.17) is 15.1 Å². The van der Waals surface area contributed by atoms with Gasteiger partial charge in [-0.3, -0.25) is 4.98 Å². The molecule has 2 aromatic rings. The number of fused-ring (bicyclic) bond motifs is 1. The summed E-state index contributed by atoms with van der Waals surface area (Å²) in [7, 11) is -1.08. The van der Waals surface area contributed by atoms with E-state index in [1.807, 2.05) is 13.0 Å². The maximum atomic E-state index is 10.8. The van der Waals surface area contributed by atoms with Crippen molar-refractivity contribution in [3.63, 3.8) is 0 Å². The molecule has 0 bridgehead atoms. The number of aldehydes is 1. The average molecular weight is 313 g/mol. The van der Waals surface area contributed by atoms with E-state index in [1.165, 1.54) is 6.20 Å². The predicted octanol–water partition coefficient (Wildman–Crippen LogP) is 0.384. The first-order valence-electron chi connectivity index (χ1n) is 7.23. The number of rotatable bonds is 5. The van der Waals surface area contributed by atoms with Crippen LogP contribution >= 0.6 is 0 Å². The number of hydrogen-bond acceptors (Lipinski definition) is 7. The van der Waals surface area contributed by atoms with Gasteiger partial charge in [-0.2, -0.15) is 0 Å². The molecule has 1 atom stereocenters. The zero-order chi connectivity index (χ0) is 16.4. The summed E-state index contributed by atoms with van der Waals surface area (Å²) in [6.07, 6.45) is 3.62. The molecule has 8 heteroatoms.